The Balaban J connectivity index is 1.26. The third kappa shape index (κ3) is 8.12. The van der Waals surface area contributed by atoms with Crippen LogP contribution in [0.2, 0.25) is 0 Å². The van der Waals surface area contributed by atoms with E-state index in [-0.39, 0.29) is 37.5 Å². The number of amides is 3. The number of aliphatic hydroxyl groups excluding tert-OH is 2. The number of thioether (sulfide) groups is 1. The molecule has 3 N–H and O–H groups in total. The van der Waals surface area contributed by atoms with Crippen molar-refractivity contribution in [3.05, 3.63) is 77.0 Å². The Morgan fingerprint density at radius 1 is 1.00 bits per heavy atom. The summed E-state index contributed by atoms with van der Waals surface area (Å²) >= 11 is 2.95. The molecule has 2 aromatic carbocycles. The number of hydrogen-bond donors (Lipinski definition) is 3. The van der Waals surface area contributed by atoms with E-state index in [9.17, 15) is 14.4 Å². The average molecular weight is 585 g/mol. The quantitative estimate of drug-likeness (QED) is 0.293. The van der Waals surface area contributed by atoms with Crippen LogP contribution in [0.25, 0.3) is 0 Å². The molecule has 1 fully saturated rings. The third-order valence-electron chi connectivity index (χ3n) is 6.38. The number of nitrogens with one attached hydrogen (secondary N) is 1. The SMILES string of the molecule is CC(=O)N1CCN(C(=O)c2cccc(CSc3cnc(NC(=O)c4ccc(COC(CO)CO)cc4)s3)c2)CC1. The molecule has 0 saturated carbocycles. The van der Waals surface area contributed by atoms with E-state index < -0.39 is 6.10 Å². The number of benzene rings is 2. The number of piperazine rings is 1. The lowest BCUT2D eigenvalue weighted by Crippen LogP contribution is -2.50. The fourth-order valence-corrected chi connectivity index (χ4v) is 5.85. The smallest absolute Gasteiger partial charge is 0.257 e. The van der Waals surface area contributed by atoms with Gasteiger partial charge in [-0.3, -0.25) is 19.7 Å². The first-order valence-electron chi connectivity index (χ1n) is 12.8. The molecule has 12 heteroatoms. The summed E-state index contributed by atoms with van der Waals surface area (Å²) in [6, 6.07) is 14.5. The van der Waals surface area contributed by atoms with Crippen LogP contribution in [0.1, 0.15) is 38.8 Å². The molecule has 0 atom stereocenters. The topological polar surface area (TPSA) is 132 Å². The maximum atomic E-state index is 13.0. The number of anilines is 1. The van der Waals surface area contributed by atoms with Crippen molar-refractivity contribution in [3.63, 3.8) is 0 Å². The van der Waals surface area contributed by atoms with Crippen molar-refractivity contribution in [2.45, 2.75) is 29.6 Å². The summed E-state index contributed by atoms with van der Waals surface area (Å²) in [6.45, 7) is 3.40. The predicted octanol–water partition coefficient (Wildman–Crippen LogP) is 2.86. The highest BCUT2D eigenvalue weighted by Gasteiger charge is 2.23. The number of carbonyl (C=O) groups excluding carboxylic acids is 3. The van der Waals surface area contributed by atoms with Gasteiger partial charge in [-0.25, -0.2) is 4.98 Å². The van der Waals surface area contributed by atoms with E-state index in [2.05, 4.69) is 10.3 Å². The zero-order valence-electron chi connectivity index (χ0n) is 22.1. The Hall–Kier alpha value is -3.29. The van der Waals surface area contributed by atoms with Crippen LogP contribution >= 0.6 is 23.1 Å². The number of rotatable bonds is 11. The molecule has 0 aliphatic carbocycles. The number of carbonyl (C=O) groups is 3. The highest BCUT2D eigenvalue weighted by Crippen LogP contribution is 2.31. The van der Waals surface area contributed by atoms with Crippen molar-refractivity contribution >= 4 is 46.0 Å². The first kappa shape index (κ1) is 29.7. The summed E-state index contributed by atoms with van der Waals surface area (Å²) in [5.74, 6) is 0.368. The minimum atomic E-state index is -0.632. The van der Waals surface area contributed by atoms with E-state index in [1.807, 2.05) is 24.3 Å². The van der Waals surface area contributed by atoms with Crippen molar-refractivity contribution in [1.82, 2.24) is 14.8 Å². The van der Waals surface area contributed by atoms with Gasteiger partial charge in [-0.2, -0.15) is 0 Å². The van der Waals surface area contributed by atoms with Gasteiger partial charge in [-0.1, -0.05) is 35.6 Å². The minimum Gasteiger partial charge on any atom is -0.394 e. The Morgan fingerprint density at radius 2 is 1.70 bits per heavy atom. The Bertz CT molecular complexity index is 1300. The molecule has 4 rings (SSSR count). The lowest BCUT2D eigenvalue weighted by molar-refractivity contribution is -0.130. The van der Waals surface area contributed by atoms with E-state index in [4.69, 9.17) is 14.9 Å². The van der Waals surface area contributed by atoms with E-state index in [1.54, 1.807) is 58.9 Å². The monoisotopic (exact) mass is 584 g/mol. The molecular formula is C28H32N4O6S2. The molecule has 1 aromatic heterocycles. The standard InChI is InChI=1S/C28H32N4O6S2/c1-19(35)31-9-11-32(12-10-31)27(37)23-4-2-3-21(13-23)18-39-25-14-29-28(40-25)30-26(36)22-7-5-20(6-8-22)17-38-24(15-33)16-34/h2-8,13-14,24,33-34H,9-12,15-18H2,1H3,(H,29,30,36). The third-order valence-corrected chi connectivity index (χ3v) is 8.56. The first-order chi connectivity index (χ1) is 19.4. The summed E-state index contributed by atoms with van der Waals surface area (Å²) in [6.07, 6.45) is 1.08. The van der Waals surface area contributed by atoms with Crippen LogP contribution in [0.5, 0.6) is 0 Å². The minimum absolute atomic E-state index is 0.0297. The molecule has 0 radical (unpaired) electrons. The lowest BCUT2D eigenvalue weighted by Gasteiger charge is -2.34. The highest BCUT2D eigenvalue weighted by molar-refractivity contribution is 8.00. The maximum Gasteiger partial charge on any atom is 0.257 e. The number of aromatic nitrogens is 1. The van der Waals surface area contributed by atoms with Gasteiger partial charge in [0.25, 0.3) is 11.8 Å². The molecular weight excluding hydrogens is 552 g/mol. The molecule has 10 nitrogen and oxygen atoms in total. The van der Waals surface area contributed by atoms with Crippen LogP contribution in [0.15, 0.2) is 58.9 Å². The Labute approximate surface area is 241 Å². The second kappa shape index (κ2) is 14.4. The second-order valence-corrected chi connectivity index (χ2v) is 11.5. The molecule has 0 spiro atoms. The molecule has 1 aliphatic rings. The van der Waals surface area contributed by atoms with Gasteiger partial charge < -0.3 is 24.7 Å². The maximum absolute atomic E-state index is 13.0. The van der Waals surface area contributed by atoms with Crippen molar-refractivity contribution in [2.24, 2.45) is 0 Å². The second-order valence-electron chi connectivity index (χ2n) is 9.22. The van der Waals surface area contributed by atoms with Gasteiger partial charge in [0.05, 0.1) is 30.2 Å². The normalized spacial score (nSPS) is 13.5. The van der Waals surface area contributed by atoms with Gasteiger partial charge >= 0.3 is 0 Å². The van der Waals surface area contributed by atoms with Crippen molar-refractivity contribution in [1.29, 1.82) is 0 Å². The number of thiazole rings is 1. The summed E-state index contributed by atoms with van der Waals surface area (Å²) in [5.41, 5.74) is 2.92. The van der Waals surface area contributed by atoms with Gasteiger partial charge in [-0.15, -0.1) is 11.8 Å². The van der Waals surface area contributed by atoms with E-state index in [0.717, 1.165) is 15.3 Å². The van der Waals surface area contributed by atoms with Crippen LogP contribution in [-0.2, 0) is 21.9 Å². The molecule has 212 valence electrons. The summed E-state index contributed by atoms with van der Waals surface area (Å²) in [5, 5.41) is 21.5. The number of ether oxygens (including phenoxy) is 1. The number of nitrogens with zero attached hydrogens (tertiary/aromatic N) is 3. The lowest BCUT2D eigenvalue weighted by atomic mass is 10.1. The molecule has 0 unspecified atom stereocenters. The zero-order chi connectivity index (χ0) is 28.5. The molecule has 0 bridgehead atoms. The summed E-state index contributed by atoms with van der Waals surface area (Å²) in [4.78, 5) is 45.0. The Morgan fingerprint density at radius 3 is 2.38 bits per heavy atom. The van der Waals surface area contributed by atoms with Crippen molar-refractivity contribution < 1.29 is 29.3 Å². The van der Waals surface area contributed by atoms with Crippen LogP contribution in [-0.4, -0.2) is 88.2 Å². The van der Waals surface area contributed by atoms with Crippen LogP contribution in [0.4, 0.5) is 5.13 Å². The Kier molecular flexibility index (Phi) is 10.7. The van der Waals surface area contributed by atoms with Crippen LogP contribution < -0.4 is 5.32 Å². The number of hydrogen-bond acceptors (Lipinski definition) is 9. The predicted molar refractivity (Wildman–Crippen MR) is 153 cm³/mol. The summed E-state index contributed by atoms with van der Waals surface area (Å²) in [7, 11) is 0. The van der Waals surface area contributed by atoms with Gasteiger partial charge in [0, 0.05) is 50.0 Å². The van der Waals surface area contributed by atoms with Gasteiger partial charge in [0.2, 0.25) is 5.91 Å². The highest BCUT2D eigenvalue weighted by atomic mass is 32.2. The van der Waals surface area contributed by atoms with Gasteiger partial charge in [-0.05, 0) is 35.4 Å². The van der Waals surface area contributed by atoms with Gasteiger partial charge in [0.1, 0.15) is 6.10 Å². The first-order valence-corrected chi connectivity index (χ1v) is 14.6. The molecule has 1 saturated heterocycles. The fraction of sp³-hybridized carbons (Fsp3) is 0.357. The van der Waals surface area contributed by atoms with Gasteiger partial charge in [0.15, 0.2) is 5.13 Å². The average Bonchev–Trinajstić information content (AvgIpc) is 3.43. The van der Waals surface area contributed by atoms with Crippen LogP contribution in [0, 0.1) is 0 Å². The molecule has 3 amide bonds. The number of aliphatic hydroxyl groups is 2. The zero-order valence-corrected chi connectivity index (χ0v) is 23.7. The largest absolute Gasteiger partial charge is 0.394 e. The fourth-order valence-electron chi connectivity index (χ4n) is 4.04. The molecule has 40 heavy (non-hydrogen) atoms. The van der Waals surface area contributed by atoms with E-state index in [0.29, 0.717) is 48.2 Å². The molecule has 1 aliphatic heterocycles. The van der Waals surface area contributed by atoms with Crippen LogP contribution in [0.3, 0.4) is 0 Å². The molecule has 3 aromatic rings. The summed E-state index contributed by atoms with van der Waals surface area (Å²) < 4.78 is 6.33. The van der Waals surface area contributed by atoms with Crippen molar-refractivity contribution in [3.8, 4) is 0 Å². The van der Waals surface area contributed by atoms with Crippen molar-refractivity contribution in [2.75, 3.05) is 44.7 Å². The molecule has 2 heterocycles. The van der Waals surface area contributed by atoms with E-state index >= 15 is 0 Å². The van der Waals surface area contributed by atoms with E-state index in [1.165, 1.54) is 11.3 Å².